The Kier molecular flexibility index (Phi) is 13.4. The molecule has 0 aromatic carbocycles. The SMILES string of the molecule is C=CC(N)=O.CC(=O)CC=C(CC(C)=O)C(=O)OCCN(C)C. The zero-order chi connectivity index (χ0) is 18.4. The van der Waals surface area contributed by atoms with Gasteiger partial charge in [-0.15, -0.1) is 0 Å². The van der Waals surface area contributed by atoms with Gasteiger partial charge in [0.2, 0.25) is 5.91 Å². The molecule has 0 aliphatic carbocycles. The Morgan fingerprint density at radius 3 is 2.00 bits per heavy atom. The van der Waals surface area contributed by atoms with Gasteiger partial charge in [-0.1, -0.05) is 12.7 Å². The molecule has 0 spiro atoms. The molecule has 2 N–H and O–H groups in total. The molecule has 7 nitrogen and oxygen atoms in total. The first-order valence-electron chi connectivity index (χ1n) is 7.01. The quantitative estimate of drug-likeness (QED) is 0.492. The highest BCUT2D eigenvalue weighted by Crippen LogP contribution is 2.07. The van der Waals surface area contributed by atoms with Crippen LogP contribution < -0.4 is 5.73 Å². The first kappa shape index (κ1) is 23.0. The Morgan fingerprint density at radius 2 is 1.65 bits per heavy atom. The number of esters is 1. The summed E-state index contributed by atoms with van der Waals surface area (Å²) in [4.78, 5) is 45.0. The van der Waals surface area contributed by atoms with Crippen LogP contribution in [0.3, 0.4) is 0 Å². The predicted octanol–water partition coefficient (Wildman–Crippen LogP) is 0.634. The second kappa shape index (κ2) is 13.4. The maximum Gasteiger partial charge on any atom is 0.334 e. The first-order chi connectivity index (χ1) is 10.6. The first-order valence-corrected chi connectivity index (χ1v) is 7.01. The minimum absolute atomic E-state index is 0.00801. The van der Waals surface area contributed by atoms with Crippen LogP contribution in [0.1, 0.15) is 26.7 Å². The molecule has 0 aromatic rings. The van der Waals surface area contributed by atoms with Gasteiger partial charge in [0.1, 0.15) is 18.2 Å². The van der Waals surface area contributed by atoms with Crippen molar-refractivity contribution in [2.24, 2.45) is 5.73 Å². The van der Waals surface area contributed by atoms with Crippen LogP contribution in [-0.4, -0.2) is 55.6 Å². The van der Waals surface area contributed by atoms with E-state index in [1.165, 1.54) is 19.9 Å². The summed E-state index contributed by atoms with van der Waals surface area (Å²) in [6.07, 6.45) is 2.68. The van der Waals surface area contributed by atoms with Crippen molar-refractivity contribution in [1.82, 2.24) is 4.90 Å². The lowest BCUT2D eigenvalue weighted by Gasteiger charge is -2.11. The average Bonchev–Trinajstić information content (AvgIpc) is 2.42. The monoisotopic (exact) mass is 326 g/mol. The second-order valence-corrected chi connectivity index (χ2v) is 5.06. The molecule has 0 rings (SSSR count). The molecule has 0 aliphatic rings. The van der Waals surface area contributed by atoms with Gasteiger partial charge in [0.05, 0.1) is 0 Å². The summed E-state index contributed by atoms with van der Waals surface area (Å²) in [5.41, 5.74) is 4.80. The van der Waals surface area contributed by atoms with E-state index in [1.807, 2.05) is 19.0 Å². The van der Waals surface area contributed by atoms with Gasteiger partial charge in [-0.05, 0) is 34.0 Å². The van der Waals surface area contributed by atoms with E-state index in [0.29, 0.717) is 6.54 Å². The molecule has 0 radical (unpaired) electrons. The lowest BCUT2D eigenvalue weighted by Crippen LogP contribution is -2.21. The summed E-state index contributed by atoms with van der Waals surface area (Å²) in [5, 5.41) is 0. The number of hydrogen-bond acceptors (Lipinski definition) is 6. The summed E-state index contributed by atoms with van der Waals surface area (Å²) in [5.74, 6) is -1.19. The van der Waals surface area contributed by atoms with Crippen LogP contribution in [0.15, 0.2) is 24.3 Å². The zero-order valence-electron chi connectivity index (χ0n) is 14.3. The molecule has 0 saturated carbocycles. The van der Waals surface area contributed by atoms with Gasteiger partial charge in [-0.2, -0.15) is 0 Å². The van der Waals surface area contributed by atoms with E-state index < -0.39 is 11.9 Å². The summed E-state index contributed by atoms with van der Waals surface area (Å²) in [7, 11) is 3.74. The Labute approximate surface area is 137 Å². The molecular formula is C16H26N2O5. The van der Waals surface area contributed by atoms with Gasteiger partial charge in [0.25, 0.3) is 0 Å². The van der Waals surface area contributed by atoms with E-state index in [1.54, 1.807) is 0 Å². The van der Waals surface area contributed by atoms with Crippen molar-refractivity contribution >= 4 is 23.4 Å². The van der Waals surface area contributed by atoms with Crippen molar-refractivity contribution in [2.45, 2.75) is 26.7 Å². The Bertz CT molecular complexity index is 467. The number of nitrogens with two attached hydrogens (primary N) is 1. The van der Waals surface area contributed by atoms with Crippen LogP contribution >= 0.6 is 0 Å². The van der Waals surface area contributed by atoms with Crippen molar-refractivity contribution in [3.8, 4) is 0 Å². The van der Waals surface area contributed by atoms with Crippen LogP contribution in [-0.2, 0) is 23.9 Å². The van der Waals surface area contributed by atoms with Crippen molar-refractivity contribution < 1.29 is 23.9 Å². The van der Waals surface area contributed by atoms with Crippen LogP contribution in [0, 0.1) is 0 Å². The van der Waals surface area contributed by atoms with Crippen molar-refractivity contribution in [3.63, 3.8) is 0 Å². The molecule has 0 saturated heterocycles. The number of Topliss-reactive ketones (excluding diaryl/α,β-unsaturated/α-hetero) is 2. The fourth-order valence-electron chi connectivity index (χ4n) is 1.18. The zero-order valence-corrected chi connectivity index (χ0v) is 14.3. The van der Waals surface area contributed by atoms with Gasteiger partial charge in [-0.25, -0.2) is 4.79 Å². The van der Waals surface area contributed by atoms with Crippen LogP contribution in [0.2, 0.25) is 0 Å². The number of amides is 1. The highest BCUT2D eigenvalue weighted by atomic mass is 16.5. The highest BCUT2D eigenvalue weighted by molar-refractivity contribution is 5.95. The van der Waals surface area contributed by atoms with Gasteiger partial charge < -0.3 is 15.4 Å². The minimum atomic E-state index is -0.520. The lowest BCUT2D eigenvalue weighted by atomic mass is 10.1. The third kappa shape index (κ3) is 17.7. The van der Waals surface area contributed by atoms with E-state index in [9.17, 15) is 19.2 Å². The fourth-order valence-corrected chi connectivity index (χ4v) is 1.18. The van der Waals surface area contributed by atoms with Gasteiger partial charge in [-0.3, -0.25) is 14.4 Å². The number of carbonyl (C=O) groups excluding carboxylic acids is 4. The number of nitrogens with zero attached hydrogens (tertiary/aromatic N) is 1. The number of carbonyl (C=O) groups is 4. The van der Waals surface area contributed by atoms with E-state index in [0.717, 1.165) is 6.08 Å². The molecule has 7 heteroatoms. The molecular weight excluding hydrogens is 300 g/mol. The number of ketones is 2. The smallest absolute Gasteiger partial charge is 0.334 e. The lowest BCUT2D eigenvalue weighted by molar-refractivity contribution is -0.140. The van der Waals surface area contributed by atoms with E-state index in [4.69, 9.17) is 4.74 Å². The topological polar surface area (TPSA) is 107 Å². The van der Waals surface area contributed by atoms with Gasteiger partial charge in [0.15, 0.2) is 0 Å². The van der Waals surface area contributed by atoms with Crippen molar-refractivity contribution in [2.75, 3.05) is 27.2 Å². The number of primary amides is 1. The minimum Gasteiger partial charge on any atom is -0.461 e. The van der Waals surface area contributed by atoms with E-state index in [2.05, 4.69) is 12.3 Å². The Hall–Kier alpha value is -2.28. The number of likely N-dealkylation sites (N-methyl/N-ethyl adjacent to an activating group) is 1. The molecule has 23 heavy (non-hydrogen) atoms. The van der Waals surface area contributed by atoms with Crippen molar-refractivity contribution in [3.05, 3.63) is 24.3 Å². The molecule has 0 aliphatic heterocycles. The molecule has 0 fully saturated rings. The van der Waals surface area contributed by atoms with Crippen LogP contribution in [0.4, 0.5) is 0 Å². The Morgan fingerprint density at radius 1 is 1.13 bits per heavy atom. The second-order valence-electron chi connectivity index (χ2n) is 5.06. The molecule has 1 amide bonds. The van der Waals surface area contributed by atoms with Gasteiger partial charge >= 0.3 is 5.97 Å². The third-order valence-corrected chi connectivity index (χ3v) is 2.31. The van der Waals surface area contributed by atoms with Crippen LogP contribution in [0.5, 0.6) is 0 Å². The molecule has 0 aromatic heterocycles. The maximum atomic E-state index is 11.7. The fraction of sp³-hybridized carbons (Fsp3) is 0.500. The molecule has 0 atom stereocenters. The summed E-state index contributed by atoms with van der Waals surface area (Å²) in [6, 6.07) is 0. The highest BCUT2D eigenvalue weighted by Gasteiger charge is 2.13. The molecule has 0 unspecified atom stereocenters. The predicted molar refractivity (Wildman–Crippen MR) is 87.6 cm³/mol. The molecule has 0 heterocycles. The number of hydrogen-bond donors (Lipinski definition) is 1. The average molecular weight is 326 g/mol. The standard InChI is InChI=1S/C13H21NO4.C3H5NO/c1-10(15)5-6-12(9-11(2)16)13(17)18-8-7-14(3)4;1-2-3(4)5/h6H,5,7-9H2,1-4H3;2H,1H2,(H2,4,5). The summed E-state index contributed by atoms with van der Waals surface area (Å²) >= 11 is 0. The summed E-state index contributed by atoms with van der Waals surface area (Å²) < 4.78 is 5.04. The van der Waals surface area contributed by atoms with Gasteiger partial charge in [0, 0.05) is 25.0 Å². The summed E-state index contributed by atoms with van der Waals surface area (Å²) in [6.45, 7) is 6.79. The number of rotatable bonds is 9. The van der Waals surface area contributed by atoms with E-state index >= 15 is 0 Å². The van der Waals surface area contributed by atoms with Crippen molar-refractivity contribution in [1.29, 1.82) is 0 Å². The molecule has 130 valence electrons. The van der Waals surface area contributed by atoms with Crippen LogP contribution in [0.25, 0.3) is 0 Å². The van der Waals surface area contributed by atoms with E-state index in [-0.39, 0.29) is 36.6 Å². The maximum absolute atomic E-state index is 11.7. The third-order valence-electron chi connectivity index (χ3n) is 2.31. The number of allylic oxidation sites excluding steroid dienone is 1. The molecule has 0 bridgehead atoms. The largest absolute Gasteiger partial charge is 0.461 e. The Balaban J connectivity index is 0. The normalized spacial score (nSPS) is 10.4. The number of ether oxygens (including phenoxy) is 1.